The molecule has 11 heteroatoms. The van der Waals surface area contributed by atoms with Gasteiger partial charge in [0, 0.05) is 28.8 Å². The lowest BCUT2D eigenvalue weighted by Crippen LogP contribution is -2.50. The van der Waals surface area contributed by atoms with E-state index in [0.717, 1.165) is 17.2 Å². The molecule has 184 valence electrons. The molecule has 2 N–H and O–H groups in total. The number of carbonyl (C=O) groups excluding carboxylic acids is 2. The van der Waals surface area contributed by atoms with Gasteiger partial charge in [0.15, 0.2) is 10.9 Å². The van der Waals surface area contributed by atoms with Crippen LogP contribution in [0.25, 0.3) is 0 Å². The summed E-state index contributed by atoms with van der Waals surface area (Å²) in [5.41, 5.74) is 0.0806. The quantitative estimate of drug-likeness (QED) is 0.499. The number of terminal acetylenes is 1. The predicted molar refractivity (Wildman–Crippen MR) is 140 cm³/mol. The first-order chi connectivity index (χ1) is 17.5. The second-order valence-corrected chi connectivity index (χ2v) is 10.5. The summed E-state index contributed by atoms with van der Waals surface area (Å²) in [4.78, 5) is 35.2. The predicted octanol–water partition coefficient (Wildman–Crippen LogP) is 3.38. The normalized spacial score (nSPS) is 23.2. The number of fused-ring (bicyclic) bond motifs is 1. The number of ether oxygens (including phenoxy) is 1. The van der Waals surface area contributed by atoms with Crippen LogP contribution in [0.4, 0.5) is 5.82 Å². The minimum atomic E-state index is -0.737. The van der Waals surface area contributed by atoms with Crippen molar-refractivity contribution in [3.63, 3.8) is 0 Å². The van der Waals surface area contributed by atoms with Crippen molar-refractivity contribution in [2.24, 2.45) is 10.9 Å². The van der Waals surface area contributed by atoms with E-state index in [1.807, 2.05) is 18.2 Å². The summed E-state index contributed by atoms with van der Waals surface area (Å²) in [5.74, 6) is 3.27. The molecule has 0 aliphatic carbocycles. The van der Waals surface area contributed by atoms with Crippen molar-refractivity contribution in [1.29, 1.82) is 0 Å². The maximum Gasteiger partial charge on any atom is 0.277 e. The van der Waals surface area contributed by atoms with Crippen LogP contribution in [-0.2, 0) is 16.8 Å². The van der Waals surface area contributed by atoms with Gasteiger partial charge in [0.2, 0.25) is 0 Å². The first kappa shape index (κ1) is 24.2. The van der Waals surface area contributed by atoms with Crippen LogP contribution in [0.1, 0.15) is 39.2 Å². The molecular weight excluding hydrogens is 496 g/mol. The van der Waals surface area contributed by atoms with Gasteiger partial charge in [0.25, 0.3) is 11.8 Å². The van der Waals surface area contributed by atoms with Crippen LogP contribution in [0.3, 0.4) is 0 Å². The molecule has 4 heterocycles. The summed E-state index contributed by atoms with van der Waals surface area (Å²) < 4.78 is 7.57. The van der Waals surface area contributed by atoms with Gasteiger partial charge in [0.05, 0.1) is 12.7 Å². The van der Waals surface area contributed by atoms with E-state index in [9.17, 15) is 9.59 Å². The van der Waals surface area contributed by atoms with Gasteiger partial charge in [-0.15, -0.1) is 17.8 Å². The van der Waals surface area contributed by atoms with Crippen LogP contribution in [0.15, 0.2) is 53.0 Å². The van der Waals surface area contributed by atoms with E-state index in [4.69, 9.17) is 21.1 Å². The van der Waals surface area contributed by atoms with Crippen molar-refractivity contribution in [3.05, 3.63) is 64.2 Å². The summed E-state index contributed by atoms with van der Waals surface area (Å²) >= 11 is 2.95. The van der Waals surface area contributed by atoms with Crippen LogP contribution in [0, 0.1) is 18.3 Å². The smallest absolute Gasteiger partial charge is 0.277 e. The second kappa shape index (κ2) is 10.3. The van der Waals surface area contributed by atoms with E-state index >= 15 is 0 Å². The standard InChI is InChI=1S/C25H24N6O3S2/c1-3-10-31-11-9-19(30-31)22(33)26-20-14-35-23(27-20)25-15-34-16(2)12-18(25)13-36-24(29-25)28-21(32)17-7-5-4-6-8-17/h1,4-9,11,14,16,18H,10,12-13,15H2,2H3,(H,26,33)(H,28,29,32)/t16-,18-,25-/m0/s1. The molecule has 0 radical (unpaired) electrons. The first-order valence-electron chi connectivity index (χ1n) is 11.4. The summed E-state index contributed by atoms with van der Waals surface area (Å²) in [6, 6.07) is 10.6. The Morgan fingerprint density at radius 2 is 2.08 bits per heavy atom. The van der Waals surface area contributed by atoms with Crippen molar-refractivity contribution < 1.29 is 14.3 Å². The molecule has 3 atom stereocenters. The number of aromatic nitrogens is 3. The van der Waals surface area contributed by atoms with Gasteiger partial charge in [-0.1, -0.05) is 35.9 Å². The van der Waals surface area contributed by atoms with E-state index in [-0.39, 0.29) is 36.1 Å². The van der Waals surface area contributed by atoms with Gasteiger partial charge >= 0.3 is 0 Å². The highest BCUT2D eigenvalue weighted by molar-refractivity contribution is 8.13. The van der Waals surface area contributed by atoms with Crippen molar-refractivity contribution in [2.45, 2.75) is 31.5 Å². The number of carbonyl (C=O) groups is 2. The maximum absolute atomic E-state index is 12.8. The lowest BCUT2D eigenvalue weighted by atomic mass is 9.80. The average molecular weight is 521 g/mol. The summed E-state index contributed by atoms with van der Waals surface area (Å²) in [5, 5.41) is 13.0. The van der Waals surface area contributed by atoms with Gasteiger partial charge in [-0.3, -0.25) is 14.3 Å². The molecule has 0 bridgehead atoms. The molecule has 3 aromatic rings. The van der Waals surface area contributed by atoms with Crippen LogP contribution >= 0.6 is 23.1 Å². The number of anilines is 1. The molecule has 36 heavy (non-hydrogen) atoms. The zero-order valence-corrected chi connectivity index (χ0v) is 21.1. The Balaban J connectivity index is 1.38. The van der Waals surface area contributed by atoms with Crippen LogP contribution in [0.5, 0.6) is 0 Å². The number of hydrogen-bond donors (Lipinski definition) is 2. The largest absolute Gasteiger partial charge is 0.375 e. The summed E-state index contributed by atoms with van der Waals surface area (Å²) in [7, 11) is 0. The molecule has 1 saturated heterocycles. The highest BCUT2D eigenvalue weighted by atomic mass is 32.2. The average Bonchev–Trinajstić information content (AvgIpc) is 3.55. The summed E-state index contributed by atoms with van der Waals surface area (Å²) in [6.07, 6.45) is 7.89. The Bertz CT molecular complexity index is 1350. The third kappa shape index (κ3) is 4.93. The number of hydrogen-bond acceptors (Lipinski definition) is 8. The number of aliphatic imine (C=N–C) groups is 1. The van der Waals surface area contributed by atoms with Crippen LogP contribution in [0.2, 0.25) is 0 Å². The highest BCUT2D eigenvalue weighted by Gasteiger charge is 2.49. The van der Waals surface area contributed by atoms with Crippen molar-refractivity contribution in [2.75, 3.05) is 17.7 Å². The number of rotatable bonds is 5. The minimum absolute atomic E-state index is 0.108. The second-order valence-electron chi connectivity index (χ2n) is 8.62. The number of nitrogens with zero attached hydrogens (tertiary/aromatic N) is 4. The molecule has 0 spiro atoms. The molecular formula is C25H24N6O3S2. The number of amidine groups is 1. The number of amides is 2. The fourth-order valence-corrected chi connectivity index (χ4v) is 6.38. The maximum atomic E-state index is 12.8. The number of thiazole rings is 1. The number of thioether (sulfide) groups is 1. The fourth-order valence-electron chi connectivity index (χ4n) is 4.26. The van der Waals surface area contributed by atoms with Crippen molar-refractivity contribution in [3.8, 4) is 12.3 Å². The van der Waals surface area contributed by atoms with Crippen molar-refractivity contribution in [1.82, 2.24) is 20.1 Å². The molecule has 1 aromatic carbocycles. The van der Waals surface area contributed by atoms with Gasteiger partial charge in [-0.2, -0.15) is 5.10 Å². The molecule has 2 amide bonds. The Morgan fingerprint density at radius 1 is 1.25 bits per heavy atom. The summed E-state index contributed by atoms with van der Waals surface area (Å²) in [6.45, 7) is 2.69. The third-order valence-corrected chi connectivity index (χ3v) is 8.15. The molecule has 0 unspecified atom stereocenters. The lowest BCUT2D eigenvalue weighted by Gasteiger charge is -2.44. The Hall–Kier alpha value is -3.46. The molecule has 2 aliphatic heterocycles. The Labute approximate surface area is 216 Å². The SMILES string of the molecule is C#CCn1ccc(C(=O)Nc2csc([C@]34CO[C@@H](C)C[C@H]3CSC(NC(=O)c3ccccc3)=N4)n2)n1. The van der Waals surface area contributed by atoms with E-state index in [0.29, 0.717) is 23.2 Å². The van der Waals surface area contributed by atoms with Gasteiger partial charge in [-0.25, -0.2) is 9.98 Å². The third-order valence-electron chi connectivity index (χ3n) is 6.10. The van der Waals surface area contributed by atoms with E-state index in [2.05, 4.69) is 28.6 Å². The zero-order chi connectivity index (χ0) is 25.1. The fraction of sp³-hybridized carbons (Fsp3) is 0.320. The minimum Gasteiger partial charge on any atom is -0.375 e. The number of nitrogens with one attached hydrogen (secondary N) is 2. The molecule has 0 saturated carbocycles. The van der Waals surface area contributed by atoms with E-state index < -0.39 is 5.54 Å². The van der Waals surface area contributed by atoms with Crippen molar-refractivity contribution >= 4 is 45.9 Å². The van der Waals surface area contributed by atoms with Gasteiger partial charge in [0.1, 0.15) is 22.9 Å². The van der Waals surface area contributed by atoms with E-state index in [1.54, 1.807) is 29.8 Å². The zero-order valence-electron chi connectivity index (χ0n) is 19.5. The van der Waals surface area contributed by atoms with Gasteiger partial charge < -0.3 is 15.4 Å². The van der Waals surface area contributed by atoms with E-state index in [1.165, 1.54) is 27.8 Å². The lowest BCUT2D eigenvalue weighted by molar-refractivity contribution is -0.0466. The number of benzene rings is 1. The highest BCUT2D eigenvalue weighted by Crippen LogP contribution is 2.47. The molecule has 9 nitrogen and oxygen atoms in total. The molecule has 1 fully saturated rings. The van der Waals surface area contributed by atoms with Gasteiger partial charge in [-0.05, 0) is 31.5 Å². The molecule has 5 rings (SSSR count). The molecule has 2 aliphatic rings. The monoisotopic (exact) mass is 520 g/mol. The topological polar surface area (TPSA) is 111 Å². The first-order valence-corrected chi connectivity index (χ1v) is 13.3. The molecule has 2 aromatic heterocycles. The van der Waals surface area contributed by atoms with Crippen LogP contribution < -0.4 is 10.6 Å². The Kier molecular flexibility index (Phi) is 6.91. The van der Waals surface area contributed by atoms with Crippen LogP contribution in [-0.4, -0.2) is 50.2 Å². The Morgan fingerprint density at radius 3 is 2.89 bits per heavy atom.